The minimum Gasteiger partial charge on any atom is -0.346 e. The molecule has 8 heteroatoms. The number of hydrogen-bond acceptors (Lipinski definition) is 6. The molecule has 3 aromatic heterocycles. The van der Waals surface area contributed by atoms with Crippen molar-refractivity contribution in [1.82, 2.24) is 30.5 Å². The summed E-state index contributed by atoms with van der Waals surface area (Å²) in [5.41, 5.74) is 9.02. The van der Waals surface area contributed by atoms with E-state index in [1.165, 1.54) is 28.9 Å². The summed E-state index contributed by atoms with van der Waals surface area (Å²) in [6.45, 7) is 8.92. The van der Waals surface area contributed by atoms with Gasteiger partial charge in [-0.15, -0.1) is 11.3 Å². The van der Waals surface area contributed by atoms with E-state index in [0.717, 1.165) is 44.9 Å². The quantitative estimate of drug-likeness (QED) is 0.348. The van der Waals surface area contributed by atoms with Crippen LogP contribution in [0.1, 0.15) is 82.2 Å². The van der Waals surface area contributed by atoms with Gasteiger partial charge in [0.25, 0.3) is 5.91 Å². The second-order valence-corrected chi connectivity index (χ2v) is 12.0. The molecule has 0 bridgehead atoms. The monoisotopic (exact) mass is 510 g/mol. The number of amides is 1. The molecule has 0 radical (unpaired) electrons. The maximum Gasteiger partial charge on any atom is 0.280 e. The average molecular weight is 511 g/mol. The van der Waals surface area contributed by atoms with Gasteiger partial charge in [0, 0.05) is 40.5 Å². The van der Waals surface area contributed by atoms with Crippen LogP contribution in [0, 0.1) is 12.8 Å². The summed E-state index contributed by atoms with van der Waals surface area (Å²) in [7, 11) is 0. The molecule has 2 N–H and O–H groups in total. The standard InChI is InChI=1S/C29H30N6OS/c1-16-9-17(5-6-18(16)11-30-27(36)28-31-14-24(37-28)29(2,3)4)26-25-21-8-7-20(21)22(19-12-34-35-13-19)10-23(25)32-15-33-26/h5-6,9-10,12-15,20-21H,7-8,11H2,1-4H3,(H,30,36)(H,34,35). The summed E-state index contributed by atoms with van der Waals surface area (Å²) in [6.07, 6.45) is 11.9. The Hall–Kier alpha value is -3.65. The molecular formula is C29H30N6OS. The van der Waals surface area contributed by atoms with E-state index in [0.29, 0.717) is 23.4 Å². The van der Waals surface area contributed by atoms with Crippen LogP contribution in [0.5, 0.6) is 0 Å². The van der Waals surface area contributed by atoms with Gasteiger partial charge in [0.1, 0.15) is 6.33 Å². The maximum atomic E-state index is 12.7. The topological polar surface area (TPSA) is 96.5 Å². The Bertz CT molecular complexity index is 1510. The van der Waals surface area contributed by atoms with Crippen LogP contribution >= 0.6 is 11.3 Å². The molecule has 0 aliphatic heterocycles. The van der Waals surface area contributed by atoms with Crippen LogP contribution in [0.2, 0.25) is 0 Å². The fraction of sp³-hybridized carbons (Fsp3) is 0.345. The third-order valence-corrected chi connectivity index (χ3v) is 9.00. The minimum atomic E-state index is -0.134. The van der Waals surface area contributed by atoms with Gasteiger partial charge in [-0.05, 0) is 65.9 Å². The van der Waals surface area contributed by atoms with Crippen molar-refractivity contribution in [3.63, 3.8) is 0 Å². The molecule has 7 nitrogen and oxygen atoms in total. The molecule has 3 heterocycles. The second-order valence-electron chi connectivity index (χ2n) is 11.0. The molecule has 1 amide bonds. The summed E-state index contributed by atoms with van der Waals surface area (Å²) >= 11 is 1.46. The number of H-pyrrole nitrogens is 1. The van der Waals surface area contributed by atoms with Gasteiger partial charge < -0.3 is 5.32 Å². The normalized spacial score (nSPS) is 18.4. The van der Waals surface area contributed by atoms with Crippen molar-refractivity contribution in [3.8, 4) is 11.3 Å². The molecular weight excluding hydrogens is 480 g/mol. The zero-order valence-corrected chi connectivity index (χ0v) is 22.3. The second kappa shape index (κ2) is 9.03. The first-order chi connectivity index (χ1) is 17.8. The highest BCUT2D eigenvalue weighted by Crippen LogP contribution is 2.55. The van der Waals surface area contributed by atoms with Gasteiger partial charge in [0.05, 0.1) is 17.6 Å². The third-order valence-electron chi connectivity index (χ3n) is 7.58. The zero-order chi connectivity index (χ0) is 25.7. The Labute approximate surface area is 220 Å². The lowest BCUT2D eigenvalue weighted by atomic mass is 9.62. The smallest absolute Gasteiger partial charge is 0.280 e. The number of aromatic nitrogens is 5. The van der Waals surface area contributed by atoms with E-state index in [9.17, 15) is 4.79 Å². The number of nitrogens with zero attached hydrogens (tertiary/aromatic N) is 4. The van der Waals surface area contributed by atoms with Crippen LogP contribution in [0.15, 0.2) is 43.1 Å². The van der Waals surface area contributed by atoms with Crippen LogP contribution in [-0.4, -0.2) is 31.1 Å². The molecule has 4 aromatic rings. The van der Waals surface area contributed by atoms with Crippen molar-refractivity contribution >= 4 is 28.9 Å². The first-order valence-corrected chi connectivity index (χ1v) is 13.5. The zero-order valence-electron chi connectivity index (χ0n) is 21.5. The number of aromatic amines is 1. The number of nitrogens with one attached hydrogen (secondary N) is 2. The van der Waals surface area contributed by atoms with E-state index in [2.05, 4.69) is 77.5 Å². The molecule has 0 spiro atoms. The van der Waals surface area contributed by atoms with Gasteiger partial charge >= 0.3 is 0 Å². The SMILES string of the molecule is Cc1cc(-c2ncnc3c2C2CCC2C(c2cn[nH]c2)=C3)ccc1CNC(=O)c1ncc(C(C)(C)C)s1. The largest absolute Gasteiger partial charge is 0.346 e. The summed E-state index contributed by atoms with van der Waals surface area (Å²) in [4.78, 5) is 27.5. The molecule has 2 atom stereocenters. The van der Waals surface area contributed by atoms with Crippen molar-refractivity contribution in [2.45, 2.75) is 58.4 Å². The fourth-order valence-electron chi connectivity index (χ4n) is 5.32. The first-order valence-electron chi connectivity index (χ1n) is 12.7. The number of thiazole rings is 1. The number of carbonyl (C=O) groups excluding carboxylic acids is 1. The number of carbonyl (C=O) groups is 1. The number of hydrogen-bond donors (Lipinski definition) is 2. The van der Waals surface area contributed by atoms with Gasteiger partial charge in [-0.3, -0.25) is 9.89 Å². The molecule has 1 saturated carbocycles. The third kappa shape index (κ3) is 4.29. The Morgan fingerprint density at radius 2 is 1.95 bits per heavy atom. The molecule has 0 saturated heterocycles. The number of fused-ring (bicyclic) bond motifs is 3. The first kappa shape index (κ1) is 23.7. The van der Waals surface area contributed by atoms with Crippen molar-refractivity contribution in [1.29, 1.82) is 0 Å². The van der Waals surface area contributed by atoms with Gasteiger partial charge in [-0.25, -0.2) is 15.0 Å². The Morgan fingerprint density at radius 1 is 1.11 bits per heavy atom. The summed E-state index contributed by atoms with van der Waals surface area (Å²) in [5.74, 6) is 0.775. The van der Waals surface area contributed by atoms with E-state index in [4.69, 9.17) is 4.98 Å². The summed E-state index contributed by atoms with van der Waals surface area (Å²) < 4.78 is 0. The van der Waals surface area contributed by atoms with Gasteiger partial charge in [0.2, 0.25) is 0 Å². The predicted octanol–water partition coefficient (Wildman–Crippen LogP) is 5.91. The van der Waals surface area contributed by atoms with E-state index in [-0.39, 0.29) is 11.3 Å². The van der Waals surface area contributed by atoms with Crippen molar-refractivity contribution < 1.29 is 4.79 Å². The maximum absolute atomic E-state index is 12.7. The molecule has 1 aromatic carbocycles. The fourth-order valence-corrected chi connectivity index (χ4v) is 6.21. The van der Waals surface area contributed by atoms with Crippen LogP contribution < -0.4 is 5.32 Å². The number of rotatable bonds is 5. The Balaban J connectivity index is 1.24. The summed E-state index contributed by atoms with van der Waals surface area (Å²) in [5, 5.41) is 10.6. The van der Waals surface area contributed by atoms with E-state index >= 15 is 0 Å². The average Bonchev–Trinajstić information content (AvgIpc) is 3.55. The molecule has 37 heavy (non-hydrogen) atoms. The molecule has 188 valence electrons. The van der Waals surface area contributed by atoms with Gasteiger partial charge in [0.15, 0.2) is 5.01 Å². The van der Waals surface area contributed by atoms with Crippen LogP contribution in [0.25, 0.3) is 22.9 Å². The minimum absolute atomic E-state index is 0.0150. The highest BCUT2D eigenvalue weighted by atomic mass is 32.1. The van der Waals surface area contributed by atoms with Crippen LogP contribution in [0.3, 0.4) is 0 Å². The highest BCUT2D eigenvalue weighted by Gasteiger charge is 2.41. The predicted molar refractivity (Wildman–Crippen MR) is 146 cm³/mol. The molecule has 2 aliphatic rings. The van der Waals surface area contributed by atoms with Crippen molar-refractivity contribution in [2.75, 3.05) is 0 Å². The lowest BCUT2D eigenvalue weighted by Crippen LogP contribution is -2.29. The molecule has 6 rings (SSSR count). The highest BCUT2D eigenvalue weighted by molar-refractivity contribution is 7.13. The van der Waals surface area contributed by atoms with Crippen LogP contribution in [0.4, 0.5) is 0 Å². The molecule has 1 fully saturated rings. The van der Waals surface area contributed by atoms with E-state index in [1.54, 1.807) is 6.33 Å². The Kier molecular flexibility index (Phi) is 5.79. The van der Waals surface area contributed by atoms with E-state index < -0.39 is 0 Å². The van der Waals surface area contributed by atoms with Gasteiger partial charge in [-0.1, -0.05) is 32.9 Å². The molecule has 2 unspecified atom stereocenters. The Morgan fingerprint density at radius 3 is 2.62 bits per heavy atom. The van der Waals surface area contributed by atoms with E-state index in [1.807, 2.05) is 18.6 Å². The lowest BCUT2D eigenvalue weighted by Gasteiger charge is -2.42. The van der Waals surface area contributed by atoms with Gasteiger partial charge in [-0.2, -0.15) is 5.10 Å². The number of aryl methyl sites for hydroxylation is 1. The summed E-state index contributed by atoms with van der Waals surface area (Å²) in [6, 6.07) is 6.38. The van der Waals surface area contributed by atoms with Crippen molar-refractivity contribution in [3.05, 3.63) is 80.9 Å². The lowest BCUT2D eigenvalue weighted by molar-refractivity contribution is 0.0950. The molecule has 2 aliphatic carbocycles. The van der Waals surface area contributed by atoms with Crippen molar-refractivity contribution in [2.24, 2.45) is 5.92 Å². The number of allylic oxidation sites excluding steroid dienone is 1. The van der Waals surface area contributed by atoms with Crippen LogP contribution in [-0.2, 0) is 12.0 Å². The number of benzene rings is 1.